The summed E-state index contributed by atoms with van der Waals surface area (Å²) in [6, 6.07) is 5.87. The van der Waals surface area contributed by atoms with Gasteiger partial charge >= 0.3 is 6.18 Å². The van der Waals surface area contributed by atoms with Gasteiger partial charge in [-0.15, -0.1) is 0 Å². The fourth-order valence-corrected chi connectivity index (χ4v) is 2.36. The van der Waals surface area contributed by atoms with Crippen molar-refractivity contribution in [3.8, 4) is 5.75 Å². The first-order valence-electron chi connectivity index (χ1n) is 6.47. The van der Waals surface area contributed by atoms with E-state index in [9.17, 15) is 18.0 Å². The number of nitrogens with zero attached hydrogens (tertiary/aromatic N) is 1. The van der Waals surface area contributed by atoms with Gasteiger partial charge in [0.2, 0.25) is 0 Å². The second kappa shape index (κ2) is 5.83. The van der Waals surface area contributed by atoms with Crippen molar-refractivity contribution in [2.75, 3.05) is 19.6 Å². The molecule has 0 spiro atoms. The summed E-state index contributed by atoms with van der Waals surface area (Å²) in [4.78, 5) is 13.7. The van der Waals surface area contributed by atoms with Crippen molar-refractivity contribution in [1.29, 1.82) is 0 Å². The predicted molar refractivity (Wildman–Crippen MR) is 67.7 cm³/mol. The molecule has 1 heterocycles. The lowest BCUT2D eigenvalue weighted by Gasteiger charge is -2.32. The summed E-state index contributed by atoms with van der Waals surface area (Å²) >= 11 is 0. The molecule has 2 rings (SSSR count). The van der Waals surface area contributed by atoms with Crippen LogP contribution in [0.4, 0.5) is 13.2 Å². The number of carbonyl (C=O) groups is 1. The zero-order valence-corrected chi connectivity index (χ0v) is 10.9. The molecule has 6 heteroatoms. The number of halogens is 3. The summed E-state index contributed by atoms with van der Waals surface area (Å²) in [5.74, 6) is -1.31. The molecule has 0 unspecified atom stereocenters. The molecule has 1 aliphatic rings. The molecule has 0 bridgehead atoms. The van der Waals surface area contributed by atoms with Crippen LogP contribution in [0.2, 0.25) is 0 Å². The van der Waals surface area contributed by atoms with Gasteiger partial charge in [0.05, 0.1) is 12.5 Å². The summed E-state index contributed by atoms with van der Waals surface area (Å²) in [6.45, 7) is 0.692. The number of hydrogen-bond donors (Lipinski definition) is 1. The van der Waals surface area contributed by atoms with Gasteiger partial charge in [-0.2, -0.15) is 13.2 Å². The van der Waals surface area contributed by atoms with Gasteiger partial charge < -0.3 is 5.11 Å². The highest BCUT2D eigenvalue weighted by Crippen LogP contribution is 2.34. The second-order valence-corrected chi connectivity index (χ2v) is 5.06. The van der Waals surface area contributed by atoms with Crippen LogP contribution in [-0.2, 0) is 0 Å². The Kier molecular flexibility index (Phi) is 4.32. The molecule has 1 fully saturated rings. The third kappa shape index (κ3) is 3.72. The lowest BCUT2D eigenvalue weighted by atomic mass is 9.96. The molecule has 110 valence electrons. The molecular formula is C14H16F3NO2. The van der Waals surface area contributed by atoms with Gasteiger partial charge in [0.25, 0.3) is 0 Å². The summed E-state index contributed by atoms with van der Waals surface area (Å²) in [7, 11) is 0. The maximum Gasteiger partial charge on any atom is 0.391 e. The van der Waals surface area contributed by atoms with E-state index in [1.807, 2.05) is 0 Å². The van der Waals surface area contributed by atoms with Gasteiger partial charge in [-0.25, -0.2) is 0 Å². The number of alkyl halides is 3. The van der Waals surface area contributed by atoms with Crippen LogP contribution in [0.1, 0.15) is 23.2 Å². The fraction of sp³-hybridized carbons (Fsp3) is 0.500. The van der Waals surface area contributed by atoms with Crippen LogP contribution >= 0.6 is 0 Å². The van der Waals surface area contributed by atoms with Crippen LogP contribution in [0.15, 0.2) is 24.3 Å². The van der Waals surface area contributed by atoms with Crippen molar-refractivity contribution in [2.45, 2.75) is 19.0 Å². The Morgan fingerprint density at radius 2 is 1.75 bits per heavy atom. The largest absolute Gasteiger partial charge is 0.508 e. The number of piperidine rings is 1. The number of carbonyl (C=O) groups excluding carboxylic acids is 1. The third-order valence-corrected chi connectivity index (χ3v) is 3.61. The Labute approximate surface area is 115 Å². The van der Waals surface area contributed by atoms with E-state index in [2.05, 4.69) is 0 Å². The van der Waals surface area contributed by atoms with E-state index in [-0.39, 0.29) is 44.0 Å². The van der Waals surface area contributed by atoms with Gasteiger partial charge in [-0.1, -0.05) is 0 Å². The van der Waals surface area contributed by atoms with Crippen molar-refractivity contribution < 1.29 is 23.1 Å². The molecule has 3 nitrogen and oxygen atoms in total. The highest BCUT2D eigenvalue weighted by molar-refractivity contribution is 5.97. The number of Topliss-reactive ketones (excluding diaryl/α,β-unsaturated/α-hetero) is 1. The Morgan fingerprint density at radius 3 is 2.25 bits per heavy atom. The van der Waals surface area contributed by atoms with Gasteiger partial charge in [-0.05, 0) is 50.2 Å². The van der Waals surface area contributed by atoms with Gasteiger partial charge in [0.1, 0.15) is 5.75 Å². The molecule has 0 atom stereocenters. The second-order valence-electron chi connectivity index (χ2n) is 5.06. The number of aromatic hydroxyl groups is 1. The van der Waals surface area contributed by atoms with Crippen molar-refractivity contribution in [3.05, 3.63) is 29.8 Å². The van der Waals surface area contributed by atoms with Gasteiger partial charge in [0.15, 0.2) is 5.78 Å². The minimum absolute atomic E-state index is 0.0480. The van der Waals surface area contributed by atoms with Gasteiger partial charge in [0, 0.05) is 5.56 Å². The zero-order valence-electron chi connectivity index (χ0n) is 10.9. The maximum atomic E-state index is 12.5. The molecule has 0 aromatic heterocycles. The molecule has 1 aliphatic heterocycles. The summed E-state index contributed by atoms with van der Waals surface area (Å²) < 4.78 is 37.6. The molecule has 20 heavy (non-hydrogen) atoms. The van der Waals surface area contributed by atoms with Crippen molar-refractivity contribution in [1.82, 2.24) is 4.90 Å². The molecule has 0 radical (unpaired) electrons. The molecule has 0 saturated carbocycles. The Hall–Kier alpha value is -1.56. The number of likely N-dealkylation sites (tertiary alicyclic amines) is 1. The van der Waals surface area contributed by atoms with E-state index in [1.165, 1.54) is 24.3 Å². The Bertz CT molecular complexity index is 462. The number of ketones is 1. The lowest BCUT2D eigenvalue weighted by Crippen LogP contribution is -2.41. The third-order valence-electron chi connectivity index (χ3n) is 3.61. The first-order valence-corrected chi connectivity index (χ1v) is 6.47. The van der Waals surface area contributed by atoms with E-state index >= 15 is 0 Å². The first-order chi connectivity index (χ1) is 9.36. The normalized spacial score (nSPS) is 18.1. The molecule has 1 N–H and O–H groups in total. The van der Waals surface area contributed by atoms with Crippen LogP contribution in [-0.4, -0.2) is 41.6 Å². The number of phenolic OH excluding ortho intramolecular Hbond substituents is 1. The van der Waals surface area contributed by atoms with Crippen LogP contribution in [0.5, 0.6) is 5.75 Å². The number of phenols is 1. The molecular weight excluding hydrogens is 271 g/mol. The fourth-order valence-electron chi connectivity index (χ4n) is 2.36. The Balaban J connectivity index is 1.86. The minimum atomic E-state index is -4.13. The monoisotopic (exact) mass is 287 g/mol. The number of rotatable bonds is 3. The van der Waals surface area contributed by atoms with Crippen LogP contribution < -0.4 is 0 Å². The molecule has 1 aromatic carbocycles. The molecule has 1 aromatic rings. The van der Waals surface area contributed by atoms with Crippen LogP contribution in [0, 0.1) is 5.92 Å². The Morgan fingerprint density at radius 1 is 1.20 bits per heavy atom. The lowest BCUT2D eigenvalue weighted by molar-refractivity contribution is -0.184. The summed E-state index contributed by atoms with van der Waals surface area (Å²) in [5, 5.41) is 9.14. The molecule has 0 amide bonds. The minimum Gasteiger partial charge on any atom is -0.508 e. The number of hydrogen-bond acceptors (Lipinski definition) is 3. The topological polar surface area (TPSA) is 40.5 Å². The van der Waals surface area contributed by atoms with Crippen LogP contribution in [0.3, 0.4) is 0 Å². The van der Waals surface area contributed by atoms with E-state index in [1.54, 1.807) is 4.90 Å². The average molecular weight is 287 g/mol. The zero-order chi connectivity index (χ0) is 14.8. The van der Waals surface area contributed by atoms with Crippen molar-refractivity contribution in [2.24, 2.45) is 5.92 Å². The van der Waals surface area contributed by atoms with Crippen molar-refractivity contribution >= 4 is 5.78 Å². The first kappa shape index (κ1) is 14.8. The van der Waals surface area contributed by atoms with Gasteiger partial charge in [-0.3, -0.25) is 9.69 Å². The van der Waals surface area contributed by atoms with E-state index in [0.29, 0.717) is 5.56 Å². The highest BCUT2D eigenvalue weighted by Gasteiger charge is 2.41. The summed E-state index contributed by atoms with van der Waals surface area (Å²) in [6.07, 6.45) is -4.04. The number of benzene rings is 1. The highest BCUT2D eigenvalue weighted by atomic mass is 19.4. The summed E-state index contributed by atoms with van der Waals surface area (Å²) in [5.41, 5.74) is 0.459. The SMILES string of the molecule is O=C(CN1CCC(C(F)(F)F)CC1)c1ccc(O)cc1. The van der Waals surface area contributed by atoms with E-state index < -0.39 is 12.1 Å². The predicted octanol–water partition coefficient (Wildman–Crippen LogP) is 2.85. The standard InChI is InChI=1S/C14H16F3NO2/c15-14(16,17)11-5-7-18(8-6-11)9-13(20)10-1-3-12(19)4-2-10/h1-4,11,19H,5-9H2. The quantitative estimate of drug-likeness (QED) is 0.869. The average Bonchev–Trinajstić information content (AvgIpc) is 2.39. The van der Waals surface area contributed by atoms with E-state index in [4.69, 9.17) is 5.11 Å². The van der Waals surface area contributed by atoms with Crippen molar-refractivity contribution in [3.63, 3.8) is 0 Å². The maximum absolute atomic E-state index is 12.5. The van der Waals surface area contributed by atoms with Crippen LogP contribution in [0.25, 0.3) is 0 Å². The molecule has 0 aliphatic carbocycles. The molecule has 1 saturated heterocycles. The smallest absolute Gasteiger partial charge is 0.391 e. The van der Waals surface area contributed by atoms with E-state index in [0.717, 1.165) is 0 Å².